The van der Waals surface area contributed by atoms with Gasteiger partial charge in [0.1, 0.15) is 5.75 Å². The smallest absolute Gasteiger partial charge is 0.119 e. The van der Waals surface area contributed by atoms with E-state index in [9.17, 15) is 0 Å². The Morgan fingerprint density at radius 3 is 2.77 bits per heavy atom. The van der Waals surface area contributed by atoms with Gasteiger partial charge in [-0.3, -0.25) is 0 Å². The van der Waals surface area contributed by atoms with Crippen LogP contribution < -0.4 is 10.5 Å². The Bertz CT molecular complexity index is 890. The Morgan fingerprint density at radius 2 is 2.00 bits per heavy atom. The molecule has 0 fully saturated rings. The number of methoxy groups -OCH3 is 1. The zero-order chi connectivity index (χ0) is 15.5. The molecule has 22 heavy (non-hydrogen) atoms. The lowest BCUT2D eigenvalue weighted by Crippen LogP contribution is -2.27. The summed E-state index contributed by atoms with van der Waals surface area (Å²) < 4.78 is 5.40. The Labute approximate surface area is 130 Å². The summed E-state index contributed by atoms with van der Waals surface area (Å²) in [5.41, 5.74) is 13.4. The third kappa shape index (κ3) is 1.62. The van der Waals surface area contributed by atoms with E-state index in [1.807, 2.05) is 18.2 Å². The number of hydrogen-bond acceptors (Lipinski definition) is 2. The average molecular weight is 292 g/mol. The number of nitrogens with one attached hydrogen (secondary N) is 1. The van der Waals surface area contributed by atoms with Gasteiger partial charge in [-0.25, -0.2) is 0 Å². The molecule has 0 unspecified atom stereocenters. The van der Waals surface area contributed by atoms with Crippen LogP contribution in [-0.2, 0) is 11.8 Å². The van der Waals surface area contributed by atoms with Crippen molar-refractivity contribution in [1.29, 1.82) is 0 Å². The normalized spacial score (nSPS) is 15.4. The predicted octanol–water partition coefficient (Wildman–Crippen LogP) is 3.99. The Morgan fingerprint density at radius 1 is 1.18 bits per heavy atom. The maximum atomic E-state index is 6.24. The minimum Gasteiger partial charge on any atom is -0.497 e. The van der Waals surface area contributed by atoms with Crippen LogP contribution in [0.25, 0.3) is 10.9 Å². The molecule has 1 aromatic heterocycles. The molecule has 0 saturated heterocycles. The summed E-state index contributed by atoms with van der Waals surface area (Å²) in [4.78, 5) is 3.61. The summed E-state index contributed by atoms with van der Waals surface area (Å²) in [6.07, 6.45) is 0.888. The lowest BCUT2D eigenvalue weighted by atomic mass is 9.72. The molecule has 3 nitrogen and oxygen atoms in total. The maximum absolute atomic E-state index is 6.24. The summed E-state index contributed by atoms with van der Waals surface area (Å²) in [5, 5.41) is 1.17. The van der Waals surface area contributed by atoms with E-state index in [2.05, 4.69) is 37.0 Å². The first-order chi connectivity index (χ1) is 10.5. The summed E-state index contributed by atoms with van der Waals surface area (Å²) in [6, 6.07) is 12.5. The fourth-order valence-electron chi connectivity index (χ4n) is 3.83. The van der Waals surface area contributed by atoms with Crippen LogP contribution in [-0.4, -0.2) is 12.1 Å². The number of ether oxygens (including phenoxy) is 1. The zero-order valence-electron chi connectivity index (χ0n) is 13.2. The maximum Gasteiger partial charge on any atom is 0.119 e. The number of nitrogen functional groups attached to an aromatic ring is 1. The van der Waals surface area contributed by atoms with E-state index < -0.39 is 0 Å². The van der Waals surface area contributed by atoms with Crippen molar-refractivity contribution in [3.8, 4) is 5.75 Å². The molecule has 0 bridgehead atoms. The summed E-state index contributed by atoms with van der Waals surface area (Å²) >= 11 is 0. The molecule has 1 aliphatic carbocycles. The fraction of sp³-hybridized carbons (Fsp3) is 0.263. The topological polar surface area (TPSA) is 51.0 Å². The summed E-state index contributed by atoms with van der Waals surface area (Å²) in [7, 11) is 1.71. The number of H-pyrrole nitrogens is 1. The zero-order valence-corrected chi connectivity index (χ0v) is 13.2. The first-order valence-electron chi connectivity index (χ1n) is 7.59. The van der Waals surface area contributed by atoms with Crippen molar-refractivity contribution in [2.45, 2.75) is 25.7 Å². The van der Waals surface area contributed by atoms with E-state index in [0.29, 0.717) is 0 Å². The second kappa shape index (κ2) is 4.29. The quantitative estimate of drug-likeness (QED) is 0.666. The summed E-state index contributed by atoms with van der Waals surface area (Å²) in [6.45, 7) is 4.53. The van der Waals surface area contributed by atoms with Gasteiger partial charge in [0.2, 0.25) is 0 Å². The van der Waals surface area contributed by atoms with Crippen molar-refractivity contribution in [3.63, 3.8) is 0 Å². The monoisotopic (exact) mass is 292 g/mol. The first-order valence-corrected chi connectivity index (χ1v) is 7.59. The van der Waals surface area contributed by atoms with Crippen molar-refractivity contribution in [1.82, 2.24) is 4.98 Å². The van der Waals surface area contributed by atoms with Crippen molar-refractivity contribution in [2.75, 3.05) is 12.8 Å². The third-order valence-corrected chi connectivity index (χ3v) is 4.94. The molecule has 0 spiro atoms. The molecule has 4 rings (SSSR count). The molecule has 3 heteroatoms. The fourth-order valence-corrected chi connectivity index (χ4v) is 3.83. The van der Waals surface area contributed by atoms with Crippen LogP contribution in [0.2, 0.25) is 0 Å². The third-order valence-electron chi connectivity index (χ3n) is 4.94. The SMILES string of the molecule is COc1ccc2c(c1)Cc1c([nH]c3cccc(N)c13)C2(C)C. The van der Waals surface area contributed by atoms with Crippen LogP contribution in [0.4, 0.5) is 5.69 Å². The first kappa shape index (κ1) is 13.3. The largest absolute Gasteiger partial charge is 0.497 e. The molecule has 3 N–H and O–H groups in total. The van der Waals surface area contributed by atoms with Gasteiger partial charge in [0, 0.05) is 34.1 Å². The molecule has 0 aliphatic heterocycles. The number of anilines is 1. The van der Waals surface area contributed by atoms with E-state index in [1.54, 1.807) is 7.11 Å². The molecule has 0 saturated carbocycles. The Balaban J connectivity index is 2.03. The van der Waals surface area contributed by atoms with Crippen molar-refractivity contribution < 1.29 is 4.74 Å². The lowest BCUT2D eigenvalue weighted by molar-refractivity contribution is 0.413. The van der Waals surface area contributed by atoms with E-state index in [1.165, 1.54) is 27.8 Å². The van der Waals surface area contributed by atoms with Crippen LogP contribution in [0.5, 0.6) is 5.75 Å². The molecular formula is C19H20N2O. The van der Waals surface area contributed by atoms with Crippen molar-refractivity contribution in [2.24, 2.45) is 0 Å². The molecule has 112 valence electrons. The standard InChI is InChI=1S/C19H20N2O/c1-19(2)14-8-7-12(22-3)9-11(14)10-13-17-15(20)5-4-6-16(17)21-18(13)19/h4-9,21H,10,20H2,1-3H3. The molecule has 3 aromatic rings. The minimum atomic E-state index is -0.0688. The minimum absolute atomic E-state index is 0.0688. The number of rotatable bonds is 1. The number of benzene rings is 2. The van der Waals surface area contributed by atoms with Gasteiger partial charge in [0.25, 0.3) is 0 Å². The van der Waals surface area contributed by atoms with Gasteiger partial charge in [-0.05, 0) is 41.0 Å². The van der Waals surface area contributed by atoms with Gasteiger partial charge in [-0.15, -0.1) is 0 Å². The lowest BCUT2D eigenvalue weighted by Gasteiger charge is -2.33. The van der Waals surface area contributed by atoms with Gasteiger partial charge in [-0.2, -0.15) is 0 Å². The number of nitrogens with two attached hydrogens (primary N) is 1. The van der Waals surface area contributed by atoms with E-state index in [4.69, 9.17) is 10.5 Å². The average Bonchev–Trinajstić information content (AvgIpc) is 2.88. The molecule has 2 aromatic carbocycles. The second-order valence-corrected chi connectivity index (χ2v) is 6.57. The van der Waals surface area contributed by atoms with E-state index >= 15 is 0 Å². The van der Waals surface area contributed by atoms with Crippen LogP contribution >= 0.6 is 0 Å². The van der Waals surface area contributed by atoms with Gasteiger partial charge < -0.3 is 15.5 Å². The highest BCUT2D eigenvalue weighted by Crippen LogP contribution is 2.45. The molecule has 1 aliphatic rings. The number of aromatic nitrogens is 1. The predicted molar refractivity (Wildman–Crippen MR) is 90.6 cm³/mol. The molecular weight excluding hydrogens is 272 g/mol. The van der Waals surface area contributed by atoms with Crippen LogP contribution in [0.1, 0.15) is 36.2 Å². The van der Waals surface area contributed by atoms with Crippen molar-refractivity contribution in [3.05, 3.63) is 58.8 Å². The number of aromatic amines is 1. The molecule has 0 atom stereocenters. The van der Waals surface area contributed by atoms with Crippen LogP contribution in [0, 0.1) is 0 Å². The summed E-state index contributed by atoms with van der Waals surface area (Å²) in [5.74, 6) is 0.908. The van der Waals surface area contributed by atoms with Crippen molar-refractivity contribution >= 4 is 16.6 Å². The number of fused-ring (bicyclic) bond motifs is 4. The molecule has 0 amide bonds. The van der Waals surface area contributed by atoms with Gasteiger partial charge in [0.15, 0.2) is 0 Å². The van der Waals surface area contributed by atoms with Gasteiger partial charge >= 0.3 is 0 Å². The number of hydrogen-bond donors (Lipinski definition) is 2. The van der Waals surface area contributed by atoms with E-state index in [0.717, 1.165) is 23.4 Å². The van der Waals surface area contributed by atoms with Crippen LogP contribution in [0.15, 0.2) is 36.4 Å². The Hall–Kier alpha value is -2.42. The highest BCUT2D eigenvalue weighted by molar-refractivity contribution is 5.96. The second-order valence-electron chi connectivity index (χ2n) is 6.57. The van der Waals surface area contributed by atoms with Gasteiger partial charge in [0.05, 0.1) is 7.11 Å². The van der Waals surface area contributed by atoms with Gasteiger partial charge in [-0.1, -0.05) is 26.0 Å². The molecule has 1 heterocycles. The van der Waals surface area contributed by atoms with E-state index in [-0.39, 0.29) is 5.41 Å². The molecule has 0 radical (unpaired) electrons. The highest BCUT2D eigenvalue weighted by Gasteiger charge is 2.35. The van der Waals surface area contributed by atoms with Crippen LogP contribution in [0.3, 0.4) is 0 Å². The Kier molecular flexibility index (Phi) is 2.59. The highest BCUT2D eigenvalue weighted by atomic mass is 16.5.